The molecule has 1 aliphatic heterocycles. The topological polar surface area (TPSA) is 86.7 Å². The van der Waals surface area contributed by atoms with Gasteiger partial charge in [-0.05, 0) is 31.4 Å². The van der Waals surface area contributed by atoms with Crippen LogP contribution in [0.1, 0.15) is 34.3 Å². The number of hydrogen-bond donors (Lipinski definition) is 2. The SMILES string of the molecule is Cc1cccc(C(=O)[C@@H]2CCC(=O)N2CCNC(=O)O)c1C. The lowest BCUT2D eigenvalue weighted by molar-refractivity contribution is -0.128. The Bertz CT molecular complexity index is 612. The monoisotopic (exact) mass is 304 g/mol. The van der Waals surface area contributed by atoms with E-state index in [-0.39, 0.29) is 24.8 Å². The van der Waals surface area contributed by atoms with Gasteiger partial charge in [-0.15, -0.1) is 0 Å². The molecular formula is C16H20N2O4. The Balaban J connectivity index is 2.15. The minimum atomic E-state index is -1.14. The molecule has 0 aliphatic carbocycles. The molecule has 1 aliphatic rings. The minimum Gasteiger partial charge on any atom is -0.465 e. The van der Waals surface area contributed by atoms with Gasteiger partial charge in [-0.1, -0.05) is 18.2 Å². The molecule has 1 heterocycles. The highest BCUT2D eigenvalue weighted by Gasteiger charge is 2.36. The van der Waals surface area contributed by atoms with Gasteiger partial charge in [0.1, 0.15) is 0 Å². The van der Waals surface area contributed by atoms with E-state index in [1.807, 2.05) is 26.0 Å². The van der Waals surface area contributed by atoms with E-state index >= 15 is 0 Å². The fourth-order valence-electron chi connectivity index (χ4n) is 2.77. The van der Waals surface area contributed by atoms with Gasteiger partial charge in [0.25, 0.3) is 0 Å². The predicted molar refractivity (Wildman–Crippen MR) is 81.0 cm³/mol. The van der Waals surface area contributed by atoms with Gasteiger partial charge in [0.2, 0.25) is 5.91 Å². The van der Waals surface area contributed by atoms with E-state index in [1.165, 1.54) is 4.90 Å². The second-order valence-electron chi connectivity index (χ2n) is 5.49. The first kappa shape index (κ1) is 16.0. The third-order valence-electron chi connectivity index (χ3n) is 4.13. The Morgan fingerprint density at radius 1 is 1.36 bits per heavy atom. The van der Waals surface area contributed by atoms with Crippen molar-refractivity contribution in [3.05, 3.63) is 34.9 Å². The number of Topliss-reactive ketones (excluding diaryl/α,β-unsaturated/α-hetero) is 1. The highest BCUT2D eigenvalue weighted by Crippen LogP contribution is 2.24. The Morgan fingerprint density at radius 3 is 2.77 bits per heavy atom. The third-order valence-corrected chi connectivity index (χ3v) is 4.13. The van der Waals surface area contributed by atoms with Gasteiger partial charge in [-0.2, -0.15) is 0 Å². The van der Waals surface area contributed by atoms with Crippen LogP contribution in [0.5, 0.6) is 0 Å². The third kappa shape index (κ3) is 3.27. The summed E-state index contributed by atoms with van der Waals surface area (Å²) in [4.78, 5) is 36.7. The molecular weight excluding hydrogens is 284 g/mol. The van der Waals surface area contributed by atoms with Crippen molar-refractivity contribution in [3.8, 4) is 0 Å². The number of ketones is 1. The summed E-state index contributed by atoms with van der Waals surface area (Å²) in [6.07, 6.45) is -0.323. The zero-order valence-corrected chi connectivity index (χ0v) is 12.8. The van der Waals surface area contributed by atoms with Crippen molar-refractivity contribution in [2.24, 2.45) is 0 Å². The molecule has 1 aromatic carbocycles. The quantitative estimate of drug-likeness (QED) is 0.811. The van der Waals surface area contributed by atoms with Crippen LogP contribution in [0.3, 0.4) is 0 Å². The average molecular weight is 304 g/mol. The van der Waals surface area contributed by atoms with E-state index in [1.54, 1.807) is 6.07 Å². The van der Waals surface area contributed by atoms with Crippen molar-refractivity contribution in [2.75, 3.05) is 13.1 Å². The van der Waals surface area contributed by atoms with Gasteiger partial charge in [-0.3, -0.25) is 9.59 Å². The van der Waals surface area contributed by atoms with Crippen LogP contribution in [0.15, 0.2) is 18.2 Å². The van der Waals surface area contributed by atoms with E-state index in [0.29, 0.717) is 18.4 Å². The number of likely N-dealkylation sites (tertiary alicyclic amines) is 1. The van der Waals surface area contributed by atoms with Gasteiger partial charge < -0.3 is 15.3 Å². The summed E-state index contributed by atoms with van der Waals surface area (Å²) in [5, 5.41) is 10.8. The summed E-state index contributed by atoms with van der Waals surface area (Å²) in [5.41, 5.74) is 2.60. The Labute approximate surface area is 129 Å². The highest BCUT2D eigenvalue weighted by molar-refractivity contribution is 6.04. The number of benzene rings is 1. The van der Waals surface area contributed by atoms with Crippen molar-refractivity contribution in [3.63, 3.8) is 0 Å². The molecule has 2 rings (SSSR count). The molecule has 1 saturated heterocycles. The first-order chi connectivity index (χ1) is 10.4. The van der Waals surface area contributed by atoms with Crippen LogP contribution in [0, 0.1) is 13.8 Å². The predicted octanol–water partition coefficient (Wildman–Crippen LogP) is 1.74. The lowest BCUT2D eigenvalue weighted by Gasteiger charge is -2.24. The molecule has 2 N–H and O–H groups in total. The Kier molecular flexibility index (Phi) is 4.80. The van der Waals surface area contributed by atoms with Crippen LogP contribution >= 0.6 is 0 Å². The second kappa shape index (κ2) is 6.60. The lowest BCUT2D eigenvalue weighted by Crippen LogP contribution is -2.43. The normalized spacial score (nSPS) is 17.6. The molecule has 22 heavy (non-hydrogen) atoms. The van der Waals surface area contributed by atoms with E-state index in [9.17, 15) is 14.4 Å². The molecule has 0 bridgehead atoms. The molecule has 0 saturated carbocycles. The summed E-state index contributed by atoms with van der Waals surface area (Å²) in [7, 11) is 0. The number of nitrogens with one attached hydrogen (secondary N) is 1. The van der Waals surface area contributed by atoms with Crippen molar-refractivity contribution in [1.82, 2.24) is 10.2 Å². The van der Waals surface area contributed by atoms with Crippen molar-refractivity contribution in [2.45, 2.75) is 32.7 Å². The number of nitrogens with zero attached hydrogens (tertiary/aromatic N) is 1. The number of amides is 2. The maximum atomic E-state index is 12.7. The van der Waals surface area contributed by atoms with Crippen LogP contribution in [-0.4, -0.2) is 46.9 Å². The molecule has 6 nitrogen and oxygen atoms in total. The van der Waals surface area contributed by atoms with Crippen molar-refractivity contribution < 1.29 is 19.5 Å². The number of carbonyl (C=O) groups is 3. The van der Waals surface area contributed by atoms with Crippen LogP contribution in [0.25, 0.3) is 0 Å². The number of carboxylic acid groups (broad SMARTS) is 1. The highest BCUT2D eigenvalue weighted by atomic mass is 16.4. The Morgan fingerprint density at radius 2 is 2.09 bits per heavy atom. The first-order valence-electron chi connectivity index (χ1n) is 7.28. The van der Waals surface area contributed by atoms with Gasteiger partial charge in [-0.25, -0.2) is 4.79 Å². The molecule has 1 atom stereocenters. The smallest absolute Gasteiger partial charge is 0.404 e. The molecule has 118 valence electrons. The van der Waals surface area contributed by atoms with Gasteiger partial charge in [0, 0.05) is 25.1 Å². The summed E-state index contributed by atoms with van der Waals surface area (Å²) >= 11 is 0. The fraction of sp³-hybridized carbons (Fsp3) is 0.438. The van der Waals surface area contributed by atoms with E-state index in [4.69, 9.17) is 5.11 Å². The second-order valence-corrected chi connectivity index (χ2v) is 5.49. The average Bonchev–Trinajstić information content (AvgIpc) is 2.82. The summed E-state index contributed by atoms with van der Waals surface area (Å²) in [6, 6.07) is 5.06. The summed E-state index contributed by atoms with van der Waals surface area (Å²) < 4.78 is 0. The number of aryl methyl sites for hydroxylation is 1. The van der Waals surface area contributed by atoms with Crippen LogP contribution in [0.4, 0.5) is 4.79 Å². The van der Waals surface area contributed by atoms with Crippen LogP contribution < -0.4 is 5.32 Å². The number of carbonyl (C=O) groups excluding carboxylic acids is 2. The number of hydrogen-bond acceptors (Lipinski definition) is 3. The standard InChI is InChI=1S/C16H20N2O4/c1-10-4-3-5-12(11(10)2)15(20)13-6-7-14(19)18(13)9-8-17-16(21)22/h3-5,13,17H,6-9H2,1-2H3,(H,21,22)/t13-/m0/s1. The van der Waals surface area contributed by atoms with Crippen LogP contribution in [0.2, 0.25) is 0 Å². The first-order valence-corrected chi connectivity index (χ1v) is 7.28. The molecule has 0 spiro atoms. The zero-order chi connectivity index (χ0) is 16.3. The van der Waals surface area contributed by atoms with Crippen LogP contribution in [-0.2, 0) is 4.79 Å². The molecule has 0 aromatic heterocycles. The summed E-state index contributed by atoms with van der Waals surface area (Å²) in [5.74, 6) is -0.168. The van der Waals surface area contributed by atoms with E-state index in [2.05, 4.69) is 5.32 Å². The van der Waals surface area contributed by atoms with E-state index in [0.717, 1.165) is 11.1 Å². The molecule has 0 radical (unpaired) electrons. The van der Waals surface area contributed by atoms with Gasteiger partial charge >= 0.3 is 6.09 Å². The largest absolute Gasteiger partial charge is 0.465 e. The van der Waals surface area contributed by atoms with Gasteiger partial charge in [0.15, 0.2) is 5.78 Å². The molecule has 1 fully saturated rings. The molecule has 2 amide bonds. The van der Waals surface area contributed by atoms with Crippen molar-refractivity contribution >= 4 is 17.8 Å². The van der Waals surface area contributed by atoms with Gasteiger partial charge in [0.05, 0.1) is 6.04 Å². The molecule has 0 unspecified atom stereocenters. The minimum absolute atomic E-state index is 0.0672. The lowest BCUT2D eigenvalue weighted by atomic mass is 9.95. The molecule has 1 aromatic rings. The summed E-state index contributed by atoms with van der Waals surface area (Å²) in [6.45, 7) is 4.18. The zero-order valence-electron chi connectivity index (χ0n) is 12.8. The number of rotatable bonds is 5. The maximum Gasteiger partial charge on any atom is 0.404 e. The van der Waals surface area contributed by atoms with E-state index < -0.39 is 12.1 Å². The van der Waals surface area contributed by atoms with Crippen molar-refractivity contribution in [1.29, 1.82) is 0 Å². The fourth-order valence-corrected chi connectivity index (χ4v) is 2.77. The Hall–Kier alpha value is -2.37. The maximum absolute atomic E-state index is 12.7. The molecule has 6 heteroatoms.